The number of nitrogens with two attached hydrogens (primary N) is 1. The van der Waals surface area contributed by atoms with E-state index in [1.165, 1.54) is 11.8 Å². The predicted molar refractivity (Wildman–Crippen MR) is 72.5 cm³/mol. The summed E-state index contributed by atoms with van der Waals surface area (Å²) in [5, 5.41) is 0.424. The van der Waals surface area contributed by atoms with Crippen LogP contribution in [0.1, 0.15) is 18.4 Å². The lowest BCUT2D eigenvalue weighted by atomic mass is 10.4. The van der Waals surface area contributed by atoms with Crippen LogP contribution in [-0.2, 0) is 15.3 Å². The van der Waals surface area contributed by atoms with E-state index >= 15 is 0 Å². The molecule has 2 N–H and O–H groups in total. The van der Waals surface area contributed by atoms with Crippen molar-refractivity contribution in [2.75, 3.05) is 12.4 Å². The molecule has 1 aromatic rings. The number of aryl methyl sites for hydroxylation is 1. The molecule has 1 unspecified atom stereocenters. The number of hydrogen-bond acceptors (Lipinski definition) is 6. The van der Waals surface area contributed by atoms with Gasteiger partial charge < -0.3 is 10.5 Å². The predicted octanol–water partition coefficient (Wildman–Crippen LogP) is 1.56. The van der Waals surface area contributed by atoms with E-state index in [1.54, 1.807) is 13.0 Å². The molecule has 0 amide bonds. The zero-order chi connectivity index (χ0) is 13.5. The zero-order valence-electron chi connectivity index (χ0n) is 10.4. The number of carbonyl (C=O) groups excluding carboxylic acids is 1. The van der Waals surface area contributed by atoms with Crippen molar-refractivity contribution in [3.05, 3.63) is 22.7 Å². The molecule has 0 aliphatic heterocycles. The van der Waals surface area contributed by atoms with E-state index in [0.29, 0.717) is 29.1 Å². The summed E-state index contributed by atoms with van der Waals surface area (Å²) in [6.45, 7) is 3.94. The first kappa shape index (κ1) is 15.2. The van der Waals surface area contributed by atoms with Crippen molar-refractivity contribution in [3.63, 3.8) is 0 Å². The molecule has 18 heavy (non-hydrogen) atoms. The van der Waals surface area contributed by atoms with Gasteiger partial charge in [-0.2, -0.15) is 11.8 Å². The quantitative estimate of drug-likeness (QED) is 0.632. The molecule has 0 spiro atoms. The van der Waals surface area contributed by atoms with E-state index in [1.807, 2.05) is 6.92 Å². The smallest absolute Gasteiger partial charge is 0.323 e. The fourth-order valence-corrected chi connectivity index (χ4v) is 2.32. The highest BCUT2D eigenvalue weighted by Gasteiger charge is 2.14. The van der Waals surface area contributed by atoms with Crippen molar-refractivity contribution in [2.24, 2.45) is 5.73 Å². The van der Waals surface area contributed by atoms with Crippen molar-refractivity contribution in [1.29, 1.82) is 0 Å². The van der Waals surface area contributed by atoms with Gasteiger partial charge in [0.15, 0.2) is 0 Å². The number of nitrogens with zero attached hydrogens (tertiary/aromatic N) is 2. The molecule has 0 fully saturated rings. The van der Waals surface area contributed by atoms with Crippen LogP contribution in [0.3, 0.4) is 0 Å². The highest BCUT2D eigenvalue weighted by atomic mass is 35.5. The van der Waals surface area contributed by atoms with Crippen molar-refractivity contribution in [1.82, 2.24) is 9.97 Å². The Hall–Kier alpha value is -0.850. The van der Waals surface area contributed by atoms with Crippen LogP contribution in [0.15, 0.2) is 6.07 Å². The molecule has 0 aromatic carbocycles. The van der Waals surface area contributed by atoms with Crippen molar-refractivity contribution in [3.8, 4) is 0 Å². The largest absolute Gasteiger partial charge is 0.465 e. The Balaban J connectivity index is 2.39. The number of halogens is 1. The second kappa shape index (κ2) is 7.56. The summed E-state index contributed by atoms with van der Waals surface area (Å²) in [5.74, 6) is 1.29. The van der Waals surface area contributed by atoms with E-state index in [9.17, 15) is 4.79 Å². The molecule has 5 nitrogen and oxygen atoms in total. The molecule has 0 aliphatic rings. The summed E-state index contributed by atoms with van der Waals surface area (Å²) in [6, 6.07) is 1.08. The molecular weight excluding hydrogens is 274 g/mol. The van der Waals surface area contributed by atoms with Crippen LogP contribution in [0.5, 0.6) is 0 Å². The van der Waals surface area contributed by atoms with E-state index in [0.717, 1.165) is 5.69 Å². The number of aromatic nitrogens is 2. The number of carbonyl (C=O) groups is 1. The average Bonchev–Trinajstić information content (AvgIpc) is 2.27. The van der Waals surface area contributed by atoms with Gasteiger partial charge in [0.2, 0.25) is 0 Å². The molecule has 1 heterocycles. The van der Waals surface area contributed by atoms with Gasteiger partial charge in [-0.05, 0) is 19.9 Å². The second-order valence-corrected chi connectivity index (χ2v) is 5.04. The normalized spacial score (nSPS) is 12.2. The van der Waals surface area contributed by atoms with Gasteiger partial charge in [0.1, 0.15) is 17.0 Å². The minimum atomic E-state index is -0.616. The van der Waals surface area contributed by atoms with Crippen LogP contribution < -0.4 is 5.73 Å². The summed E-state index contributed by atoms with van der Waals surface area (Å²) in [4.78, 5) is 19.6. The van der Waals surface area contributed by atoms with Gasteiger partial charge in [0.05, 0.1) is 12.4 Å². The van der Waals surface area contributed by atoms with E-state index in [2.05, 4.69) is 9.97 Å². The first-order chi connectivity index (χ1) is 8.52. The van der Waals surface area contributed by atoms with Gasteiger partial charge in [0, 0.05) is 11.4 Å². The molecule has 1 atom stereocenters. The van der Waals surface area contributed by atoms with Gasteiger partial charge in [-0.1, -0.05) is 11.6 Å². The molecule has 0 saturated heterocycles. The maximum atomic E-state index is 11.3. The van der Waals surface area contributed by atoms with Gasteiger partial charge in [0.25, 0.3) is 0 Å². The molecule has 0 aliphatic carbocycles. The van der Waals surface area contributed by atoms with Crippen molar-refractivity contribution >= 4 is 29.3 Å². The van der Waals surface area contributed by atoms with Crippen LogP contribution in [0.2, 0.25) is 5.15 Å². The summed E-state index contributed by atoms with van der Waals surface area (Å²) in [6.07, 6.45) is 0. The monoisotopic (exact) mass is 289 g/mol. The molecule has 1 rings (SSSR count). The molecule has 0 bridgehead atoms. The maximum Gasteiger partial charge on any atom is 0.323 e. The highest BCUT2D eigenvalue weighted by Crippen LogP contribution is 2.13. The molecule has 0 saturated carbocycles. The molecule has 1 aromatic heterocycles. The Morgan fingerprint density at radius 2 is 2.33 bits per heavy atom. The van der Waals surface area contributed by atoms with Crippen LogP contribution in [0, 0.1) is 6.92 Å². The number of esters is 1. The topological polar surface area (TPSA) is 78.1 Å². The molecule has 100 valence electrons. The third kappa shape index (κ3) is 5.20. The van der Waals surface area contributed by atoms with E-state index in [4.69, 9.17) is 22.1 Å². The minimum absolute atomic E-state index is 0.341. The van der Waals surface area contributed by atoms with Gasteiger partial charge in [-0.3, -0.25) is 4.79 Å². The Morgan fingerprint density at radius 3 is 2.94 bits per heavy atom. The fraction of sp³-hybridized carbons (Fsp3) is 0.545. The maximum absolute atomic E-state index is 11.3. The van der Waals surface area contributed by atoms with Crippen molar-refractivity contribution < 1.29 is 9.53 Å². The lowest BCUT2D eigenvalue weighted by Gasteiger charge is -2.09. The summed E-state index contributed by atoms with van der Waals surface area (Å²) >= 11 is 7.30. The van der Waals surface area contributed by atoms with Gasteiger partial charge in [-0.15, -0.1) is 0 Å². The lowest BCUT2D eigenvalue weighted by Crippen LogP contribution is -2.34. The Bertz CT molecular complexity index is 397. The van der Waals surface area contributed by atoms with E-state index < -0.39 is 6.04 Å². The Labute approximate surface area is 115 Å². The summed E-state index contributed by atoms with van der Waals surface area (Å²) in [5.41, 5.74) is 6.48. The summed E-state index contributed by atoms with van der Waals surface area (Å²) < 4.78 is 4.82. The van der Waals surface area contributed by atoms with Crippen LogP contribution in [0.4, 0.5) is 0 Å². The fourth-order valence-electron chi connectivity index (χ4n) is 1.25. The standard InChI is InChI=1S/C11H16ClN3O2S/c1-3-17-11(16)8(13)5-18-6-10-14-7(2)4-9(12)15-10/h4,8H,3,5-6,13H2,1-2H3. The third-order valence-corrected chi connectivity index (χ3v) is 3.24. The number of ether oxygens (including phenoxy) is 1. The highest BCUT2D eigenvalue weighted by molar-refractivity contribution is 7.98. The van der Waals surface area contributed by atoms with E-state index in [-0.39, 0.29) is 5.97 Å². The first-order valence-electron chi connectivity index (χ1n) is 5.53. The third-order valence-electron chi connectivity index (χ3n) is 1.99. The molecule has 7 heteroatoms. The van der Waals surface area contributed by atoms with Crippen molar-refractivity contribution in [2.45, 2.75) is 25.6 Å². The second-order valence-electron chi connectivity index (χ2n) is 3.62. The number of thioether (sulfide) groups is 1. The molecule has 0 radical (unpaired) electrons. The minimum Gasteiger partial charge on any atom is -0.465 e. The Kier molecular flexibility index (Phi) is 6.38. The van der Waals surface area contributed by atoms with Gasteiger partial charge >= 0.3 is 5.97 Å². The SMILES string of the molecule is CCOC(=O)C(N)CSCc1nc(C)cc(Cl)n1. The van der Waals surface area contributed by atoms with Crippen LogP contribution in [0.25, 0.3) is 0 Å². The summed E-state index contributed by atoms with van der Waals surface area (Å²) in [7, 11) is 0. The average molecular weight is 290 g/mol. The van der Waals surface area contributed by atoms with Gasteiger partial charge in [-0.25, -0.2) is 9.97 Å². The first-order valence-corrected chi connectivity index (χ1v) is 7.06. The van der Waals surface area contributed by atoms with Crippen LogP contribution in [-0.4, -0.2) is 34.3 Å². The Morgan fingerprint density at radius 1 is 1.61 bits per heavy atom. The molecular formula is C11H16ClN3O2S. The number of rotatable bonds is 6. The lowest BCUT2D eigenvalue weighted by molar-refractivity contribution is -0.144. The zero-order valence-corrected chi connectivity index (χ0v) is 11.9. The number of hydrogen-bond donors (Lipinski definition) is 1. The van der Waals surface area contributed by atoms with Crippen LogP contribution >= 0.6 is 23.4 Å².